The topological polar surface area (TPSA) is 80.4 Å². The summed E-state index contributed by atoms with van der Waals surface area (Å²) in [6, 6.07) is 19.0. The first-order valence-electron chi connectivity index (χ1n) is 11.4. The molecule has 0 spiro atoms. The maximum atomic E-state index is 13.8. The molecule has 5 rings (SSSR count). The maximum Gasteiger partial charge on any atom is 0.273 e. The van der Waals surface area contributed by atoms with Crippen LogP contribution in [0.15, 0.2) is 77.4 Å². The van der Waals surface area contributed by atoms with E-state index in [0.29, 0.717) is 17.1 Å². The number of aryl methyl sites for hydroxylation is 1. The lowest BCUT2D eigenvalue weighted by Gasteiger charge is -2.43. The Bertz CT molecular complexity index is 1380. The summed E-state index contributed by atoms with van der Waals surface area (Å²) in [4.78, 5) is 29.0. The van der Waals surface area contributed by atoms with E-state index in [1.54, 1.807) is 53.1 Å². The van der Waals surface area contributed by atoms with Crippen molar-refractivity contribution in [1.82, 2.24) is 20.0 Å². The van der Waals surface area contributed by atoms with Crippen molar-refractivity contribution in [2.75, 3.05) is 0 Å². The largest absolute Gasteiger partial charge is 0.463 e. The van der Waals surface area contributed by atoms with Gasteiger partial charge in [-0.3, -0.25) is 14.3 Å². The number of furan rings is 1. The lowest BCUT2D eigenvalue weighted by molar-refractivity contribution is -0.133. The predicted octanol–water partition coefficient (Wildman–Crippen LogP) is 4.32. The standard InChI is InChI=1S/C27H25FN4O3/c1-18-6-3-4-7-20(18)16-31-25(33)23-14-22(24-8-5-13-35-24)30-32(23)17-27(31,2)26(34)29-15-19-9-11-21(28)12-10-19/h3-14H,15-17H2,1-2H3,(H,29,34)/t27-/m1/s1. The number of nitrogens with one attached hydrogen (secondary N) is 1. The van der Waals surface area contributed by atoms with Crippen LogP contribution in [0.2, 0.25) is 0 Å². The van der Waals surface area contributed by atoms with E-state index in [4.69, 9.17) is 4.42 Å². The first-order valence-corrected chi connectivity index (χ1v) is 11.4. The molecule has 1 atom stereocenters. The molecular weight excluding hydrogens is 447 g/mol. The Morgan fingerprint density at radius 3 is 2.63 bits per heavy atom. The van der Waals surface area contributed by atoms with Crippen LogP contribution in [0.4, 0.5) is 4.39 Å². The fraction of sp³-hybridized carbons (Fsp3) is 0.222. The van der Waals surface area contributed by atoms with Gasteiger partial charge in [0, 0.05) is 19.2 Å². The van der Waals surface area contributed by atoms with E-state index in [2.05, 4.69) is 10.4 Å². The van der Waals surface area contributed by atoms with E-state index in [9.17, 15) is 14.0 Å². The molecule has 0 unspecified atom stereocenters. The molecule has 0 aliphatic carbocycles. The zero-order chi connectivity index (χ0) is 24.6. The van der Waals surface area contributed by atoms with Gasteiger partial charge in [0.25, 0.3) is 5.91 Å². The number of rotatable bonds is 6. The van der Waals surface area contributed by atoms with E-state index in [0.717, 1.165) is 16.7 Å². The van der Waals surface area contributed by atoms with Gasteiger partial charge in [0.2, 0.25) is 5.91 Å². The minimum Gasteiger partial charge on any atom is -0.463 e. The maximum absolute atomic E-state index is 13.8. The number of fused-ring (bicyclic) bond motifs is 1. The van der Waals surface area contributed by atoms with Gasteiger partial charge >= 0.3 is 0 Å². The average molecular weight is 473 g/mol. The molecular formula is C27H25FN4O3. The summed E-state index contributed by atoms with van der Waals surface area (Å²) in [5, 5.41) is 7.49. The summed E-state index contributed by atoms with van der Waals surface area (Å²) >= 11 is 0. The Morgan fingerprint density at radius 2 is 1.91 bits per heavy atom. The van der Waals surface area contributed by atoms with Gasteiger partial charge in [0.15, 0.2) is 5.76 Å². The molecule has 0 fully saturated rings. The average Bonchev–Trinajstić information content (AvgIpc) is 3.52. The van der Waals surface area contributed by atoms with Gasteiger partial charge in [-0.25, -0.2) is 4.39 Å². The minimum atomic E-state index is -1.21. The van der Waals surface area contributed by atoms with Gasteiger partial charge in [0.1, 0.15) is 22.7 Å². The summed E-state index contributed by atoms with van der Waals surface area (Å²) in [7, 11) is 0. The highest BCUT2D eigenvalue weighted by molar-refractivity contribution is 6.00. The van der Waals surface area contributed by atoms with E-state index in [1.165, 1.54) is 12.1 Å². The highest BCUT2D eigenvalue weighted by Gasteiger charge is 2.48. The summed E-state index contributed by atoms with van der Waals surface area (Å²) in [6.07, 6.45) is 1.55. The molecule has 3 heterocycles. The van der Waals surface area contributed by atoms with Crippen LogP contribution in [0.3, 0.4) is 0 Å². The minimum absolute atomic E-state index is 0.177. The number of hydrogen-bond donors (Lipinski definition) is 1. The summed E-state index contributed by atoms with van der Waals surface area (Å²) < 4.78 is 20.3. The molecule has 2 aromatic heterocycles. The lowest BCUT2D eigenvalue weighted by atomic mass is 9.93. The molecule has 7 nitrogen and oxygen atoms in total. The van der Waals surface area contributed by atoms with Gasteiger partial charge in [-0.2, -0.15) is 5.10 Å². The van der Waals surface area contributed by atoms with E-state index >= 15 is 0 Å². The zero-order valence-electron chi connectivity index (χ0n) is 19.5. The molecule has 0 saturated carbocycles. The van der Waals surface area contributed by atoms with Gasteiger partial charge in [-0.05, 0) is 54.8 Å². The highest BCUT2D eigenvalue weighted by atomic mass is 19.1. The second kappa shape index (κ2) is 8.87. The number of halogens is 1. The molecule has 1 aliphatic rings. The molecule has 0 bridgehead atoms. The van der Waals surface area contributed by atoms with Crippen LogP contribution in [0, 0.1) is 12.7 Å². The fourth-order valence-corrected chi connectivity index (χ4v) is 4.37. The van der Waals surface area contributed by atoms with Crippen LogP contribution < -0.4 is 5.32 Å². The van der Waals surface area contributed by atoms with Crippen LogP contribution in [0.5, 0.6) is 0 Å². The summed E-state index contributed by atoms with van der Waals surface area (Å²) in [5.74, 6) is -0.394. The molecule has 4 aromatic rings. The molecule has 178 valence electrons. The molecule has 8 heteroatoms. The van der Waals surface area contributed by atoms with Crippen LogP contribution in [-0.2, 0) is 24.4 Å². The van der Waals surface area contributed by atoms with Crippen molar-refractivity contribution in [3.8, 4) is 11.5 Å². The van der Waals surface area contributed by atoms with Crippen molar-refractivity contribution < 1.29 is 18.4 Å². The Balaban J connectivity index is 1.49. The molecule has 2 amide bonds. The molecule has 35 heavy (non-hydrogen) atoms. The Labute approximate surface area is 202 Å². The third-order valence-electron chi connectivity index (χ3n) is 6.52. The Kier molecular flexibility index (Phi) is 5.72. The number of nitrogens with zero attached hydrogens (tertiary/aromatic N) is 3. The Morgan fingerprint density at radius 1 is 1.14 bits per heavy atom. The van der Waals surface area contributed by atoms with Crippen molar-refractivity contribution >= 4 is 11.8 Å². The van der Waals surface area contributed by atoms with Gasteiger partial charge in [0.05, 0.1) is 12.8 Å². The third kappa shape index (κ3) is 4.23. The molecule has 0 saturated heterocycles. The van der Waals surface area contributed by atoms with Crippen LogP contribution in [-0.4, -0.2) is 32.0 Å². The summed E-state index contributed by atoms with van der Waals surface area (Å²) in [6.45, 7) is 4.39. The Hall–Kier alpha value is -4.20. The normalized spacial score (nSPS) is 17.3. The van der Waals surface area contributed by atoms with Crippen molar-refractivity contribution in [2.45, 2.75) is 39.0 Å². The van der Waals surface area contributed by atoms with Crippen LogP contribution in [0.25, 0.3) is 11.5 Å². The van der Waals surface area contributed by atoms with E-state index in [-0.39, 0.29) is 37.3 Å². The molecule has 1 N–H and O–H groups in total. The molecule has 0 radical (unpaired) electrons. The first kappa shape index (κ1) is 22.6. The lowest BCUT2D eigenvalue weighted by Crippen LogP contribution is -2.63. The second-order valence-electron chi connectivity index (χ2n) is 8.95. The molecule has 2 aromatic carbocycles. The number of amides is 2. The number of carbonyl (C=O) groups is 2. The smallest absolute Gasteiger partial charge is 0.273 e. The van der Waals surface area contributed by atoms with Crippen LogP contribution >= 0.6 is 0 Å². The van der Waals surface area contributed by atoms with E-state index < -0.39 is 5.54 Å². The zero-order valence-corrected chi connectivity index (χ0v) is 19.5. The molecule has 1 aliphatic heterocycles. The number of carbonyl (C=O) groups excluding carboxylic acids is 2. The van der Waals surface area contributed by atoms with Crippen LogP contribution in [0.1, 0.15) is 34.1 Å². The van der Waals surface area contributed by atoms with Crippen molar-refractivity contribution in [2.24, 2.45) is 0 Å². The quantitative estimate of drug-likeness (QED) is 0.453. The highest BCUT2D eigenvalue weighted by Crippen LogP contribution is 2.32. The monoisotopic (exact) mass is 472 g/mol. The number of aromatic nitrogens is 2. The summed E-state index contributed by atoms with van der Waals surface area (Å²) in [5.41, 5.74) is 2.47. The number of hydrogen-bond acceptors (Lipinski definition) is 4. The number of benzene rings is 2. The van der Waals surface area contributed by atoms with E-state index in [1.807, 2.05) is 31.2 Å². The van der Waals surface area contributed by atoms with Gasteiger partial charge in [-0.15, -0.1) is 0 Å². The van der Waals surface area contributed by atoms with Gasteiger partial charge in [-0.1, -0.05) is 36.4 Å². The SMILES string of the molecule is Cc1ccccc1CN1C(=O)c2cc(-c3ccco3)nn2C[C@]1(C)C(=O)NCc1ccc(F)cc1. The van der Waals surface area contributed by atoms with Crippen molar-refractivity contribution in [3.05, 3.63) is 101 Å². The second-order valence-corrected chi connectivity index (χ2v) is 8.95. The van der Waals surface area contributed by atoms with Crippen molar-refractivity contribution in [3.63, 3.8) is 0 Å². The van der Waals surface area contributed by atoms with Crippen molar-refractivity contribution in [1.29, 1.82) is 0 Å². The fourth-order valence-electron chi connectivity index (χ4n) is 4.37. The first-order chi connectivity index (χ1) is 16.8. The van der Waals surface area contributed by atoms with Gasteiger partial charge < -0.3 is 14.6 Å². The third-order valence-corrected chi connectivity index (χ3v) is 6.52. The predicted molar refractivity (Wildman–Crippen MR) is 128 cm³/mol.